The molecule has 2 rings (SSSR count). The van der Waals surface area contributed by atoms with Crippen molar-refractivity contribution in [2.45, 2.75) is 33.2 Å². The Morgan fingerprint density at radius 3 is 2.68 bits per heavy atom. The van der Waals surface area contributed by atoms with E-state index in [0.29, 0.717) is 11.9 Å². The maximum absolute atomic E-state index is 11.9. The van der Waals surface area contributed by atoms with Crippen LogP contribution in [0.2, 0.25) is 0 Å². The van der Waals surface area contributed by atoms with E-state index in [4.69, 9.17) is 4.42 Å². The highest BCUT2D eigenvalue weighted by Crippen LogP contribution is 2.20. The summed E-state index contributed by atoms with van der Waals surface area (Å²) in [5.74, 6) is -1.58. The van der Waals surface area contributed by atoms with Crippen molar-refractivity contribution in [3.8, 4) is 0 Å². The lowest BCUT2D eigenvalue weighted by molar-refractivity contribution is -0.384. The Labute approximate surface area is 141 Å². The third-order valence-electron chi connectivity index (χ3n) is 3.50. The molecule has 10 nitrogen and oxygen atoms in total. The molecule has 0 atom stereocenters. The van der Waals surface area contributed by atoms with Crippen molar-refractivity contribution in [1.29, 1.82) is 0 Å². The molecule has 0 bridgehead atoms. The van der Waals surface area contributed by atoms with Crippen LogP contribution in [0.15, 0.2) is 27.4 Å². The van der Waals surface area contributed by atoms with E-state index in [1.54, 1.807) is 13.8 Å². The number of amides is 2. The third-order valence-corrected chi connectivity index (χ3v) is 3.50. The third kappa shape index (κ3) is 4.43. The van der Waals surface area contributed by atoms with Crippen LogP contribution in [0.4, 0.5) is 5.69 Å². The van der Waals surface area contributed by atoms with E-state index >= 15 is 0 Å². The standard InChI is InChI=1S/C15H18N4O6/c1-9(2)14(21)17-16-13(20)4-3-7-18-11-6-5-10(19(23)24)8-12(11)25-15(18)22/h5-6,8-9H,3-4,7H2,1-2H3,(H,16,20)(H,17,21). The monoisotopic (exact) mass is 350 g/mol. The van der Waals surface area contributed by atoms with Crippen LogP contribution in [-0.2, 0) is 16.1 Å². The first-order valence-corrected chi connectivity index (χ1v) is 7.66. The largest absolute Gasteiger partial charge is 0.419 e. The number of hydrogen-bond acceptors (Lipinski definition) is 6. The minimum absolute atomic E-state index is 0.0878. The van der Waals surface area contributed by atoms with Gasteiger partial charge in [-0.15, -0.1) is 0 Å². The lowest BCUT2D eigenvalue weighted by Crippen LogP contribution is -2.43. The van der Waals surface area contributed by atoms with Gasteiger partial charge in [0.1, 0.15) is 0 Å². The number of rotatable bonds is 6. The zero-order chi connectivity index (χ0) is 18.6. The van der Waals surface area contributed by atoms with Crippen molar-refractivity contribution in [2.24, 2.45) is 5.92 Å². The fourth-order valence-electron chi connectivity index (χ4n) is 2.12. The van der Waals surface area contributed by atoms with Gasteiger partial charge in [0, 0.05) is 24.9 Å². The number of oxazole rings is 1. The van der Waals surface area contributed by atoms with E-state index < -0.39 is 10.7 Å². The van der Waals surface area contributed by atoms with Crippen LogP contribution in [0, 0.1) is 16.0 Å². The van der Waals surface area contributed by atoms with Crippen LogP contribution in [0.3, 0.4) is 0 Å². The molecule has 10 heteroatoms. The van der Waals surface area contributed by atoms with Crippen molar-refractivity contribution in [2.75, 3.05) is 0 Å². The first-order chi connectivity index (χ1) is 11.8. The summed E-state index contributed by atoms with van der Waals surface area (Å²) in [5.41, 5.74) is 4.95. The summed E-state index contributed by atoms with van der Waals surface area (Å²) in [6.45, 7) is 3.60. The van der Waals surface area contributed by atoms with E-state index in [0.717, 1.165) is 0 Å². The molecule has 1 aromatic carbocycles. The molecule has 25 heavy (non-hydrogen) atoms. The molecular weight excluding hydrogens is 332 g/mol. The van der Waals surface area contributed by atoms with Gasteiger partial charge in [-0.2, -0.15) is 0 Å². The Kier molecular flexibility index (Phi) is 5.52. The summed E-state index contributed by atoms with van der Waals surface area (Å²) >= 11 is 0. The van der Waals surface area contributed by atoms with Gasteiger partial charge in [-0.05, 0) is 12.5 Å². The van der Waals surface area contributed by atoms with Gasteiger partial charge >= 0.3 is 5.76 Å². The second-order valence-electron chi connectivity index (χ2n) is 5.72. The summed E-state index contributed by atoms with van der Waals surface area (Å²) in [6, 6.07) is 3.89. The molecule has 0 aliphatic carbocycles. The molecule has 1 aromatic heterocycles. The van der Waals surface area contributed by atoms with Crippen LogP contribution < -0.4 is 16.6 Å². The maximum atomic E-state index is 11.9. The van der Waals surface area contributed by atoms with E-state index in [-0.39, 0.29) is 42.0 Å². The summed E-state index contributed by atoms with van der Waals surface area (Å²) in [4.78, 5) is 45.0. The molecule has 0 saturated carbocycles. The second kappa shape index (κ2) is 7.60. The number of nitrogens with one attached hydrogen (secondary N) is 2. The Morgan fingerprint density at radius 1 is 1.32 bits per heavy atom. The first kappa shape index (κ1) is 18.2. The molecule has 134 valence electrons. The minimum Gasteiger partial charge on any atom is -0.407 e. The zero-order valence-electron chi connectivity index (χ0n) is 13.8. The van der Waals surface area contributed by atoms with E-state index in [9.17, 15) is 24.5 Å². The zero-order valence-corrected chi connectivity index (χ0v) is 13.8. The summed E-state index contributed by atoms with van der Waals surface area (Å²) < 4.78 is 6.30. The van der Waals surface area contributed by atoms with E-state index in [1.807, 2.05) is 0 Å². The van der Waals surface area contributed by atoms with Crippen molar-refractivity contribution in [3.63, 3.8) is 0 Å². The predicted molar refractivity (Wildman–Crippen MR) is 87.5 cm³/mol. The molecule has 0 saturated heterocycles. The molecule has 1 heterocycles. The number of nitro benzene ring substituents is 1. The Hall–Kier alpha value is -3.17. The van der Waals surface area contributed by atoms with Gasteiger partial charge in [0.2, 0.25) is 11.8 Å². The quantitative estimate of drug-likeness (QED) is 0.591. The van der Waals surface area contributed by atoms with E-state index in [2.05, 4.69) is 10.9 Å². The molecular formula is C15H18N4O6. The van der Waals surface area contributed by atoms with Crippen LogP contribution >= 0.6 is 0 Å². The Bertz CT molecular complexity index is 867. The lowest BCUT2D eigenvalue weighted by Gasteiger charge is -2.09. The van der Waals surface area contributed by atoms with Gasteiger partial charge in [0.15, 0.2) is 5.58 Å². The van der Waals surface area contributed by atoms with Crippen molar-refractivity contribution in [1.82, 2.24) is 15.4 Å². The van der Waals surface area contributed by atoms with Crippen LogP contribution in [0.5, 0.6) is 0 Å². The normalized spacial score (nSPS) is 10.8. The number of hydrazine groups is 1. The molecule has 0 fully saturated rings. The van der Waals surface area contributed by atoms with Gasteiger partial charge in [-0.3, -0.25) is 35.1 Å². The fourth-order valence-corrected chi connectivity index (χ4v) is 2.12. The minimum atomic E-state index is -0.649. The van der Waals surface area contributed by atoms with Gasteiger partial charge in [-0.1, -0.05) is 13.8 Å². The van der Waals surface area contributed by atoms with Crippen molar-refractivity contribution in [3.05, 3.63) is 38.9 Å². The highest BCUT2D eigenvalue weighted by molar-refractivity contribution is 5.82. The van der Waals surface area contributed by atoms with Crippen molar-refractivity contribution >= 4 is 28.6 Å². The molecule has 2 amide bonds. The number of nitrogens with zero attached hydrogens (tertiary/aromatic N) is 2. The highest BCUT2D eigenvalue weighted by atomic mass is 16.6. The number of aryl methyl sites for hydroxylation is 1. The van der Waals surface area contributed by atoms with Crippen LogP contribution in [0.25, 0.3) is 11.1 Å². The number of benzene rings is 1. The molecule has 0 radical (unpaired) electrons. The van der Waals surface area contributed by atoms with Gasteiger partial charge in [0.25, 0.3) is 5.69 Å². The SMILES string of the molecule is CC(C)C(=O)NNC(=O)CCCn1c(=O)oc2cc([N+](=O)[O-])ccc21. The summed E-state index contributed by atoms with van der Waals surface area (Å²) in [7, 11) is 0. The predicted octanol–water partition coefficient (Wildman–Crippen LogP) is 1.09. The van der Waals surface area contributed by atoms with Gasteiger partial charge in [0.05, 0.1) is 16.5 Å². The number of hydrogen-bond donors (Lipinski definition) is 2. The first-order valence-electron chi connectivity index (χ1n) is 7.66. The van der Waals surface area contributed by atoms with Crippen LogP contribution in [0.1, 0.15) is 26.7 Å². The molecule has 2 aromatic rings. The van der Waals surface area contributed by atoms with Gasteiger partial charge in [-0.25, -0.2) is 4.79 Å². The molecule has 0 spiro atoms. The maximum Gasteiger partial charge on any atom is 0.419 e. The smallest absolute Gasteiger partial charge is 0.407 e. The van der Waals surface area contributed by atoms with Gasteiger partial charge < -0.3 is 4.42 Å². The average Bonchev–Trinajstić information content (AvgIpc) is 2.87. The highest BCUT2D eigenvalue weighted by Gasteiger charge is 2.14. The lowest BCUT2D eigenvalue weighted by atomic mass is 10.2. The number of fused-ring (bicyclic) bond motifs is 1. The number of aromatic nitrogens is 1. The Balaban J connectivity index is 1.96. The number of carbonyl (C=O) groups is 2. The van der Waals surface area contributed by atoms with Crippen LogP contribution in [-0.4, -0.2) is 21.3 Å². The molecule has 2 N–H and O–H groups in total. The molecule has 0 aliphatic heterocycles. The summed E-state index contributed by atoms with van der Waals surface area (Å²) in [5, 5.41) is 10.7. The van der Waals surface area contributed by atoms with E-state index in [1.165, 1.54) is 22.8 Å². The topological polar surface area (TPSA) is 136 Å². The number of carbonyl (C=O) groups excluding carboxylic acids is 2. The Morgan fingerprint density at radius 2 is 2.04 bits per heavy atom. The number of nitro groups is 1. The average molecular weight is 350 g/mol. The van der Waals surface area contributed by atoms with Crippen molar-refractivity contribution < 1.29 is 18.9 Å². The second-order valence-corrected chi connectivity index (χ2v) is 5.72. The number of non-ortho nitro benzene ring substituents is 1. The fraction of sp³-hybridized carbons (Fsp3) is 0.400. The summed E-state index contributed by atoms with van der Waals surface area (Å²) in [6.07, 6.45) is 0.416. The molecule has 0 aliphatic rings. The molecule has 0 unspecified atom stereocenters.